The Kier molecular flexibility index (Phi) is 4.59. The maximum atomic E-state index is 12.4. The number of nitrogens with one attached hydrogen (secondary N) is 3. The minimum atomic E-state index is -0.483. The van der Waals surface area contributed by atoms with E-state index in [0.717, 1.165) is 10.9 Å². The number of nitrogens with zero attached hydrogens (tertiary/aromatic N) is 3. The first-order chi connectivity index (χ1) is 13.6. The van der Waals surface area contributed by atoms with Gasteiger partial charge in [0.25, 0.3) is 5.91 Å². The first-order valence-corrected chi connectivity index (χ1v) is 8.74. The van der Waals surface area contributed by atoms with Crippen LogP contribution in [-0.2, 0) is 4.79 Å². The number of rotatable bonds is 5. The zero-order valence-electron chi connectivity index (χ0n) is 15.1. The first-order valence-electron chi connectivity index (χ1n) is 8.74. The molecule has 1 unspecified atom stereocenters. The lowest BCUT2D eigenvalue weighted by Gasteiger charge is -2.12. The van der Waals surface area contributed by atoms with Crippen LogP contribution in [0.2, 0.25) is 0 Å². The van der Waals surface area contributed by atoms with Crippen LogP contribution >= 0.6 is 0 Å². The summed E-state index contributed by atoms with van der Waals surface area (Å²) in [7, 11) is 0. The molecule has 4 aromatic rings. The van der Waals surface area contributed by atoms with Crippen molar-refractivity contribution in [2.24, 2.45) is 0 Å². The normalized spacial score (nSPS) is 11.9. The number of carbonyl (C=O) groups is 2. The van der Waals surface area contributed by atoms with E-state index in [-0.39, 0.29) is 11.8 Å². The predicted molar refractivity (Wildman–Crippen MR) is 106 cm³/mol. The van der Waals surface area contributed by atoms with Gasteiger partial charge < -0.3 is 15.6 Å². The highest BCUT2D eigenvalue weighted by molar-refractivity contribution is 6.06. The minimum absolute atomic E-state index is 0.208. The molecular formula is C20H18N6O2. The number of aromatic amines is 1. The number of hydrogen-bond acceptors (Lipinski definition) is 4. The molecule has 0 saturated carbocycles. The molecule has 0 fully saturated rings. The number of anilines is 2. The summed E-state index contributed by atoms with van der Waals surface area (Å²) in [4.78, 5) is 31.6. The van der Waals surface area contributed by atoms with Crippen LogP contribution in [0, 0.1) is 0 Å². The molecular weight excluding hydrogens is 356 g/mol. The molecule has 28 heavy (non-hydrogen) atoms. The Bertz CT molecular complexity index is 1080. The lowest BCUT2D eigenvalue weighted by atomic mass is 10.2. The number of carbonyl (C=O) groups excluding carboxylic acids is 2. The molecule has 3 N–H and O–H groups in total. The molecule has 0 bridgehead atoms. The summed E-state index contributed by atoms with van der Waals surface area (Å²) in [6, 6.07) is 16.0. The smallest absolute Gasteiger partial charge is 0.272 e. The van der Waals surface area contributed by atoms with Crippen molar-refractivity contribution in [2.75, 3.05) is 10.6 Å². The number of fused-ring (bicyclic) bond motifs is 1. The Labute approximate surface area is 160 Å². The number of benzene rings is 2. The van der Waals surface area contributed by atoms with Crippen LogP contribution in [0.25, 0.3) is 10.9 Å². The van der Waals surface area contributed by atoms with Crippen LogP contribution in [0.3, 0.4) is 0 Å². The molecule has 1 atom stereocenters. The third-order valence-electron chi connectivity index (χ3n) is 4.40. The van der Waals surface area contributed by atoms with E-state index in [4.69, 9.17) is 0 Å². The van der Waals surface area contributed by atoms with Crippen LogP contribution in [-0.4, -0.2) is 31.6 Å². The van der Waals surface area contributed by atoms with E-state index in [2.05, 4.69) is 25.7 Å². The molecule has 2 heterocycles. The molecule has 0 aliphatic carbocycles. The van der Waals surface area contributed by atoms with Crippen molar-refractivity contribution >= 4 is 34.1 Å². The molecule has 4 rings (SSSR count). The summed E-state index contributed by atoms with van der Waals surface area (Å²) >= 11 is 0. The number of aromatic nitrogens is 4. The van der Waals surface area contributed by atoms with Crippen molar-refractivity contribution in [3.8, 4) is 0 Å². The maximum absolute atomic E-state index is 12.4. The van der Waals surface area contributed by atoms with Crippen LogP contribution in [0.1, 0.15) is 23.5 Å². The van der Waals surface area contributed by atoms with E-state index in [1.807, 2.05) is 30.3 Å². The molecule has 0 aliphatic heterocycles. The van der Waals surface area contributed by atoms with Gasteiger partial charge in [-0.15, -0.1) is 0 Å². The number of para-hydroxylation sites is 1. The van der Waals surface area contributed by atoms with Gasteiger partial charge >= 0.3 is 0 Å². The Morgan fingerprint density at radius 1 is 1.04 bits per heavy atom. The lowest BCUT2D eigenvalue weighted by molar-refractivity contribution is -0.119. The van der Waals surface area contributed by atoms with Crippen LogP contribution in [0.4, 0.5) is 11.4 Å². The molecule has 140 valence electrons. The molecule has 0 radical (unpaired) electrons. The van der Waals surface area contributed by atoms with Gasteiger partial charge in [-0.25, -0.2) is 9.67 Å². The van der Waals surface area contributed by atoms with E-state index < -0.39 is 6.04 Å². The van der Waals surface area contributed by atoms with E-state index in [9.17, 15) is 9.59 Å². The fraction of sp³-hybridized carbons (Fsp3) is 0.100. The number of amides is 2. The standard InChI is InChI=1S/C20H18N6O2/c1-13(26-12-21-11-22-26)19(27)23-15-6-8-16(9-7-15)24-20(28)18-10-14-4-2-3-5-17(14)25-18/h2-13,25H,1H3,(H,23,27)(H,24,28). The second kappa shape index (κ2) is 7.36. The second-order valence-corrected chi connectivity index (χ2v) is 6.34. The van der Waals surface area contributed by atoms with Crippen molar-refractivity contribution in [3.63, 3.8) is 0 Å². The quantitative estimate of drug-likeness (QED) is 0.499. The molecule has 0 aliphatic rings. The van der Waals surface area contributed by atoms with Gasteiger partial charge in [0, 0.05) is 22.3 Å². The fourth-order valence-electron chi connectivity index (χ4n) is 2.82. The Morgan fingerprint density at radius 2 is 1.75 bits per heavy atom. The van der Waals surface area contributed by atoms with Gasteiger partial charge in [-0.1, -0.05) is 18.2 Å². The summed E-state index contributed by atoms with van der Waals surface area (Å²) in [5, 5.41) is 10.6. The van der Waals surface area contributed by atoms with Gasteiger partial charge in [-0.05, 0) is 43.3 Å². The third kappa shape index (κ3) is 3.61. The van der Waals surface area contributed by atoms with E-state index in [0.29, 0.717) is 17.1 Å². The molecule has 2 aromatic heterocycles. The van der Waals surface area contributed by atoms with Gasteiger partial charge in [0.15, 0.2) is 0 Å². The maximum Gasteiger partial charge on any atom is 0.272 e. The predicted octanol–water partition coefficient (Wildman–Crippen LogP) is 3.21. The topological polar surface area (TPSA) is 105 Å². The van der Waals surface area contributed by atoms with Crippen LogP contribution < -0.4 is 10.6 Å². The minimum Gasteiger partial charge on any atom is -0.351 e. The van der Waals surface area contributed by atoms with Crippen molar-refractivity contribution in [1.82, 2.24) is 19.7 Å². The molecule has 2 aromatic carbocycles. The number of hydrogen-bond donors (Lipinski definition) is 3. The van der Waals surface area contributed by atoms with E-state index in [1.165, 1.54) is 17.3 Å². The van der Waals surface area contributed by atoms with Crippen molar-refractivity contribution in [2.45, 2.75) is 13.0 Å². The van der Waals surface area contributed by atoms with Gasteiger partial charge in [0.2, 0.25) is 5.91 Å². The van der Waals surface area contributed by atoms with Gasteiger partial charge in [-0.2, -0.15) is 5.10 Å². The monoisotopic (exact) mass is 374 g/mol. The third-order valence-corrected chi connectivity index (χ3v) is 4.40. The summed E-state index contributed by atoms with van der Waals surface area (Å²) in [6.07, 6.45) is 2.88. The van der Waals surface area contributed by atoms with Gasteiger partial charge in [-0.3, -0.25) is 9.59 Å². The van der Waals surface area contributed by atoms with Crippen LogP contribution in [0.15, 0.2) is 67.3 Å². The molecule has 2 amide bonds. The van der Waals surface area contributed by atoms with Crippen molar-refractivity contribution in [1.29, 1.82) is 0 Å². The van der Waals surface area contributed by atoms with E-state index in [1.54, 1.807) is 31.2 Å². The highest BCUT2D eigenvalue weighted by Gasteiger charge is 2.15. The average molecular weight is 374 g/mol. The van der Waals surface area contributed by atoms with Gasteiger partial charge in [0.05, 0.1) is 0 Å². The zero-order valence-corrected chi connectivity index (χ0v) is 15.1. The summed E-state index contributed by atoms with van der Waals surface area (Å²) in [5.74, 6) is -0.437. The van der Waals surface area contributed by atoms with Gasteiger partial charge in [0.1, 0.15) is 24.4 Å². The summed E-state index contributed by atoms with van der Waals surface area (Å²) in [5.41, 5.74) is 2.65. The highest BCUT2D eigenvalue weighted by Crippen LogP contribution is 2.18. The first kappa shape index (κ1) is 17.5. The van der Waals surface area contributed by atoms with Crippen LogP contribution in [0.5, 0.6) is 0 Å². The molecule has 0 saturated heterocycles. The zero-order chi connectivity index (χ0) is 19.5. The largest absolute Gasteiger partial charge is 0.351 e. The Morgan fingerprint density at radius 3 is 2.43 bits per heavy atom. The van der Waals surface area contributed by atoms with E-state index >= 15 is 0 Å². The lowest BCUT2D eigenvalue weighted by Crippen LogP contribution is -2.24. The SMILES string of the molecule is CC(C(=O)Nc1ccc(NC(=O)c2cc3ccccc3[nH]2)cc1)n1cncn1. The fourth-order valence-corrected chi connectivity index (χ4v) is 2.82. The van der Waals surface area contributed by atoms with Crippen molar-refractivity contribution in [3.05, 3.63) is 72.9 Å². The number of H-pyrrole nitrogens is 1. The summed E-state index contributed by atoms with van der Waals surface area (Å²) in [6.45, 7) is 1.74. The van der Waals surface area contributed by atoms with Crippen molar-refractivity contribution < 1.29 is 9.59 Å². The Balaban J connectivity index is 1.40. The average Bonchev–Trinajstić information content (AvgIpc) is 3.38. The molecule has 0 spiro atoms. The second-order valence-electron chi connectivity index (χ2n) is 6.34. The summed E-state index contributed by atoms with van der Waals surface area (Å²) < 4.78 is 1.48. The Hall–Kier alpha value is -3.94. The molecule has 8 heteroatoms. The molecule has 8 nitrogen and oxygen atoms in total. The highest BCUT2D eigenvalue weighted by atomic mass is 16.2.